The fourth-order valence-corrected chi connectivity index (χ4v) is 4.60. The summed E-state index contributed by atoms with van der Waals surface area (Å²) in [5.74, 6) is 0.133. The first-order chi connectivity index (χ1) is 15.7. The third-order valence-corrected chi connectivity index (χ3v) is 6.65. The summed E-state index contributed by atoms with van der Waals surface area (Å²) in [6.45, 7) is 8.23. The van der Waals surface area contributed by atoms with Crippen molar-refractivity contribution in [3.8, 4) is 11.6 Å². The molecule has 1 aromatic carbocycles. The monoisotopic (exact) mass is 468 g/mol. The van der Waals surface area contributed by atoms with Crippen LogP contribution in [0.25, 0.3) is 0 Å². The molecule has 0 saturated heterocycles. The number of carbonyl (C=O) groups excluding carboxylic acids is 1. The van der Waals surface area contributed by atoms with Crippen LogP contribution in [-0.2, 0) is 19.3 Å². The average molecular weight is 469 g/mol. The summed E-state index contributed by atoms with van der Waals surface area (Å²) in [4.78, 5) is 29.8. The topological polar surface area (TPSA) is 81.4 Å². The van der Waals surface area contributed by atoms with Gasteiger partial charge in [0.15, 0.2) is 0 Å². The molecule has 0 spiro atoms. The van der Waals surface area contributed by atoms with E-state index in [9.17, 15) is 14.7 Å². The molecule has 0 atom stereocenters. The van der Waals surface area contributed by atoms with Gasteiger partial charge in [0.25, 0.3) is 0 Å². The molecule has 0 aliphatic heterocycles. The van der Waals surface area contributed by atoms with Crippen LogP contribution >= 0.6 is 11.3 Å². The van der Waals surface area contributed by atoms with Crippen LogP contribution in [0.1, 0.15) is 67.0 Å². The van der Waals surface area contributed by atoms with Crippen molar-refractivity contribution in [3.63, 3.8) is 0 Å². The lowest BCUT2D eigenvalue weighted by Gasteiger charge is -2.22. The second-order valence-corrected chi connectivity index (χ2v) is 9.87. The third-order valence-electron chi connectivity index (χ3n) is 5.72. The summed E-state index contributed by atoms with van der Waals surface area (Å²) in [5, 5.41) is 10.6. The number of carbonyl (C=O) groups is 1. The van der Waals surface area contributed by atoms with Gasteiger partial charge in [-0.1, -0.05) is 63.7 Å². The van der Waals surface area contributed by atoms with Crippen molar-refractivity contribution >= 4 is 17.2 Å². The van der Waals surface area contributed by atoms with Crippen molar-refractivity contribution in [2.45, 2.75) is 59.8 Å². The van der Waals surface area contributed by atoms with E-state index >= 15 is 0 Å². The Morgan fingerprint density at radius 2 is 1.82 bits per heavy atom. The lowest BCUT2D eigenvalue weighted by Crippen LogP contribution is -2.34. The van der Waals surface area contributed by atoms with Crippen LogP contribution in [-0.4, -0.2) is 27.2 Å². The van der Waals surface area contributed by atoms with Crippen molar-refractivity contribution in [3.05, 3.63) is 74.0 Å². The zero-order valence-corrected chi connectivity index (χ0v) is 20.6. The van der Waals surface area contributed by atoms with Gasteiger partial charge in [0.2, 0.25) is 11.8 Å². The van der Waals surface area contributed by atoms with Crippen molar-refractivity contribution < 1.29 is 14.6 Å². The first kappa shape index (κ1) is 24.7. The Kier molecular flexibility index (Phi) is 8.08. The molecule has 33 heavy (non-hydrogen) atoms. The molecule has 176 valence electrons. The highest BCUT2D eigenvalue weighted by atomic mass is 32.1. The van der Waals surface area contributed by atoms with Gasteiger partial charge in [-0.05, 0) is 42.2 Å². The minimum atomic E-state index is -0.707. The van der Waals surface area contributed by atoms with Gasteiger partial charge in [-0.15, -0.1) is 0 Å². The number of aromatic hydroxyl groups is 1. The predicted molar refractivity (Wildman–Crippen MR) is 132 cm³/mol. The van der Waals surface area contributed by atoms with Gasteiger partial charge in [-0.25, -0.2) is 4.57 Å². The molecule has 2 heterocycles. The van der Waals surface area contributed by atoms with Gasteiger partial charge in [0.1, 0.15) is 5.75 Å². The zero-order valence-electron chi connectivity index (χ0n) is 19.8. The molecule has 0 fully saturated rings. The normalized spacial score (nSPS) is 11.5. The zero-order chi connectivity index (χ0) is 24.0. The highest BCUT2D eigenvalue weighted by Gasteiger charge is 2.32. The van der Waals surface area contributed by atoms with E-state index in [0.29, 0.717) is 24.3 Å². The van der Waals surface area contributed by atoms with Crippen LogP contribution in [0.5, 0.6) is 11.6 Å². The largest absolute Gasteiger partial charge is 0.493 e. The first-order valence-electron chi connectivity index (χ1n) is 11.4. The number of aromatic nitrogens is 2. The Labute approximate surface area is 198 Å². The average Bonchev–Trinajstić information content (AvgIpc) is 3.07. The molecule has 0 aliphatic carbocycles. The molecule has 0 bridgehead atoms. The Morgan fingerprint density at radius 1 is 1.12 bits per heavy atom. The second-order valence-electron chi connectivity index (χ2n) is 8.82. The molecule has 1 N–H and O–H groups in total. The van der Waals surface area contributed by atoms with Gasteiger partial charge in [-0.2, -0.15) is 0 Å². The minimum absolute atomic E-state index is 0.249. The quantitative estimate of drug-likeness (QED) is 0.439. The van der Waals surface area contributed by atoms with E-state index in [2.05, 4.69) is 18.0 Å². The maximum Gasteiger partial charge on any atom is 0.317 e. The van der Waals surface area contributed by atoms with Gasteiger partial charge >= 0.3 is 4.87 Å². The van der Waals surface area contributed by atoms with Gasteiger partial charge in [-0.3, -0.25) is 14.6 Å². The Bertz CT molecular complexity index is 1130. The number of pyridine rings is 1. The summed E-state index contributed by atoms with van der Waals surface area (Å²) in [6, 6.07) is 11.7. The maximum atomic E-state index is 12.8. The summed E-state index contributed by atoms with van der Waals surface area (Å²) in [5.41, 5.74) is 2.43. The van der Waals surface area contributed by atoms with E-state index in [1.807, 2.05) is 43.5 Å². The summed E-state index contributed by atoms with van der Waals surface area (Å²) >= 11 is 0.915. The fourth-order valence-electron chi connectivity index (χ4n) is 3.71. The van der Waals surface area contributed by atoms with E-state index in [4.69, 9.17) is 4.74 Å². The predicted octanol–water partition coefficient (Wildman–Crippen LogP) is 5.25. The summed E-state index contributed by atoms with van der Waals surface area (Å²) < 4.78 is 6.75. The van der Waals surface area contributed by atoms with Gasteiger partial charge in [0, 0.05) is 30.1 Å². The molecule has 0 saturated carbocycles. The van der Waals surface area contributed by atoms with E-state index in [-0.39, 0.29) is 11.8 Å². The van der Waals surface area contributed by atoms with Crippen LogP contribution in [0.3, 0.4) is 0 Å². The highest BCUT2D eigenvalue weighted by molar-refractivity contribution is 7.09. The molecular weight excluding hydrogens is 436 g/mol. The summed E-state index contributed by atoms with van der Waals surface area (Å²) in [6.07, 6.45) is 5.44. The number of ether oxygens (including phenoxy) is 1. The number of benzene rings is 1. The van der Waals surface area contributed by atoms with Gasteiger partial charge in [0.05, 0.1) is 11.5 Å². The van der Waals surface area contributed by atoms with Crippen molar-refractivity contribution in [2.75, 3.05) is 6.61 Å². The van der Waals surface area contributed by atoms with E-state index in [1.54, 1.807) is 13.8 Å². The van der Waals surface area contributed by atoms with E-state index in [0.717, 1.165) is 52.2 Å². The summed E-state index contributed by atoms with van der Waals surface area (Å²) in [7, 11) is 0. The lowest BCUT2D eigenvalue weighted by atomic mass is 9.87. The first-order valence-corrected chi connectivity index (χ1v) is 12.2. The Balaban J connectivity index is 1.61. The molecule has 2 aromatic heterocycles. The molecule has 0 aliphatic rings. The molecule has 3 rings (SSSR count). The Morgan fingerprint density at radius 3 is 2.42 bits per heavy atom. The Hall–Kier alpha value is -2.93. The lowest BCUT2D eigenvalue weighted by molar-refractivity contribution is 0.0717. The molecule has 0 radical (unpaired) electrons. The van der Waals surface area contributed by atoms with Crippen molar-refractivity contribution in [1.29, 1.82) is 0 Å². The fraction of sp³-hybridized carbons (Fsp3) is 0.423. The molecule has 3 aromatic rings. The van der Waals surface area contributed by atoms with Crippen LogP contribution in [0.15, 0.2) is 47.4 Å². The van der Waals surface area contributed by atoms with Crippen LogP contribution in [0, 0.1) is 5.41 Å². The smallest absolute Gasteiger partial charge is 0.317 e. The third kappa shape index (κ3) is 6.11. The highest BCUT2D eigenvalue weighted by Crippen LogP contribution is 2.30. The standard InChI is InChI=1S/C26H32N2O4S/c1-5-14-26(3,4)24(30)28-23(29)22(33-25(28)31)16-19-8-11-21(12-9-19)32-15-13-20-10-7-18(6-2)17-27-20/h7-12,17,29H,5-6,13-16H2,1-4H3. The van der Waals surface area contributed by atoms with E-state index in [1.165, 1.54) is 5.56 Å². The molecule has 6 nitrogen and oxygen atoms in total. The molecule has 0 amide bonds. The van der Waals surface area contributed by atoms with Crippen LogP contribution in [0.4, 0.5) is 0 Å². The molecule has 0 unspecified atom stereocenters. The number of hydrogen-bond acceptors (Lipinski definition) is 6. The van der Waals surface area contributed by atoms with Crippen LogP contribution in [0.2, 0.25) is 0 Å². The van der Waals surface area contributed by atoms with Crippen molar-refractivity contribution in [2.24, 2.45) is 5.41 Å². The SMILES string of the molecule is CCCC(C)(C)C(=O)n1c(O)c(Cc2ccc(OCCc3ccc(CC)cn3)cc2)sc1=O. The number of rotatable bonds is 10. The number of aryl methyl sites for hydroxylation is 1. The van der Waals surface area contributed by atoms with Crippen molar-refractivity contribution in [1.82, 2.24) is 9.55 Å². The second kappa shape index (κ2) is 10.8. The molecule has 7 heteroatoms. The minimum Gasteiger partial charge on any atom is -0.493 e. The van der Waals surface area contributed by atoms with Crippen LogP contribution < -0.4 is 9.61 Å². The van der Waals surface area contributed by atoms with Gasteiger partial charge < -0.3 is 9.84 Å². The number of hydrogen-bond donors (Lipinski definition) is 1. The molecular formula is C26H32N2O4S. The maximum absolute atomic E-state index is 12.8. The number of thiazole rings is 1. The van der Waals surface area contributed by atoms with E-state index < -0.39 is 10.3 Å². The number of nitrogens with zero attached hydrogens (tertiary/aromatic N) is 2.